The SMILES string of the molecule is CC[C@H](C)c1ccccc1NC(=O)CCn1cnc2c(cnn2C)c1=O. The van der Waals surface area contributed by atoms with Crippen LogP contribution in [-0.2, 0) is 18.4 Å². The number of amides is 1. The van der Waals surface area contributed by atoms with Crippen LogP contribution in [0.15, 0.2) is 41.6 Å². The molecule has 136 valence electrons. The van der Waals surface area contributed by atoms with Crippen LogP contribution in [0, 0.1) is 0 Å². The first kappa shape index (κ1) is 17.8. The summed E-state index contributed by atoms with van der Waals surface area (Å²) in [6.45, 7) is 4.53. The van der Waals surface area contributed by atoms with Gasteiger partial charge in [0.1, 0.15) is 5.39 Å². The van der Waals surface area contributed by atoms with Crippen molar-refractivity contribution < 1.29 is 4.79 Å². The third-order valence-electron chi connectivity index (χ3n) is 4.68. The number of fused-ring (bicyclic) bond motifs is 1. The van der Waals surface area contributed by atoms with Gasteiger partial charge in [0.05, 0.1) is 12.5 Å². The van der Waals surface area contributed by atoms with Crippen LogP contribution in [0.4, 0.5) is 5.69 Å². The van der Waals surface area contributed by atoms with E-state index in [2.05, 4.69) is 29.2 Å². The lowest BCUT2D eigenvalue weighted by atomic mass is 9.97. The molecular weight excluding hydrogens is 330 g/mol. The van der Waals surface area contributed by atoms with Crippen LogP contribution in [0.2, 0.25) is 0 Å². The zero-order valence-corrected chi connectivity index (χ0v) is 15.3. The lowest BCUT2D eigenvalue weighted by Crippen LogP contribution is -2.23. The van der Waals surface area contributed by atoms with Crippen molar-refractivity contribution in [3.05, 3.63) is 52.7 Å². The van der Waals surface area contributed by atoms with Gasteiger partial charge in [-0.2, -0.15) is 5.10 Å². The highest BCUT2D eigenvalue weighted by Crippen LogP contribution is 2.26. The highest BCUT2D eigenvalue weighted by Gasteiger charge is 2.12. The van der Waals surface area contributed by atoms with Crippen LogP contribution in [0.1, 0.15) is 38.2 Å². The van der Waals surface area contributed by atoms with Gasteiger partial charge in [0.15, 0.2) is 5.65 Å². The predicted molar refractivity (Wildman–Crippen MR) is 101 cm³/mol. The molecule has 0 bridgehead atoms. The Morgan fingerprint density at radius 1 is 1.31 bits per heavy atom. The van der Waals surface area contributed by atoms with E-state index in [1.165, 1.54) is 17.1 Å². The van der Waals surface area contributed by atoms with Crippen molar-refractivity contribution in [2.24, 2.45) is 7.05 Å². The maximum atomic E-state index is 12.4. The van der Waals surface area contributed by atoms with Crippen LogP contribution in [0.25, 0.3) is 11.0 Å². The van der Waals surface area contributed by atoms with Crippen molar-refractivity contribution in [1.29, 1.82) is 0 Å². The van der Waals surface area contributed by atoms with Crippen molar-refractivity contribution in [2.75, 3.05) is 5.32 Å². The highest BCUT2D eigenvalue weighted by atomic mass is 16.2. The van der Waals surface area contributed by atoms with E-state index < -0.39 is 0 Å². The number of rotatable bonds is 6. The summed E-state index contributed by atoms with van der Waals surface area (Å²) in [5, 5.41) is 7.47. The molecule has 2 heterocycles. The molecule has 0 fully saturated rings. The van der Waals surface area contributed by atoms with Gasteiger partial charge in [-0.05, 0) is 24.0 Å². The highest BCUT2D eigenvalue weighted by molar-refractivity contribution is 5.91. The number of carbonyl (C=O) groups excluding carboxylic acids is 1. The van der Waals surface area contributed by atoms with Crippen LogP contribution >= 0.6 is 0 Å². The molecule has 1 N–H and O–H groups in total. The summed E-state index contributed by atoms with van der Waals surface area (Å²) in [5.74, 6) is 0.241. The van der Waals surface area contributed by atoms with Crippen molar-refractivity contribution in [2.45, 2.75) is 39.2 Å². The molecule has 1 atom stereocenters. The minimum atomic E-state index is -0.184. The van der Waals surface area contributed by atoms with Gasteiger partial charge in [-0.3, -0.25) is 18.8 Å². The lowest BCUT2D eigenvalue weighted by molar-refractivity contribution is -0.116. The zero-order valence-electron chi connectivity index (χ0n) is 15.3. The molecule has 3 aromatic rings. The molecule has 3 rings (SSSR count). The Bertz CT molecular complexity index is 989. The van der Waals surface area contributed by atoms with Crippen molar-refractivity contribution in [3.8, 4) is 0 Å². The van der Waals surface area contributed by atoms with Gasteiger partial charge in [-0.25, -0.2) is 4.98 Å². The molecule has 1 aromatic carbocycles. The van der Waals surface area contributed by atoms with Crippen LogP contribution in [0.3, 0.4) is 0 Å². The fraction of sp³-hybridized carbons (Fsp3) is 0.368. The van der Waals surface area contributed by atoms with E-state index in [1.54, 1.807) is 11.7 Å². The van der Waals surface area contributed by atoms with Crippen molar-refractivity contribution in [1.82, 2.24) is 19.3 Å². The number of benzene rings is 1. The van der Waals surface area contributed by atoms with Crippen molar-refractivity contribution in [3.63, 3.8) is 0 Å². The Morgan fingerprint density at radius 3 is 2.85 bits per heavy atom. The summed E-state index contributed by atoms with van der Waals surface area (Å²) < 4.78 is 3.00. The summed E-state index contributed by atoms with van der Waals surface area (Å²) in [6, 6.07) is 7.83. The molecule has 7 nitrogen and oxygen atoms in total. The second kappa shape index (κ2) is 7.51. The first-order valence-corrected chi connectivity index (χ1v) is 8.77. The number of aromatic nitrogens is 4. The topological polar surface area (TPSA) is 81.8 Å². The third-order valence-corrected chi connectivity index (χ3v) is 4.68. The van der Waals surface area contributed by atoms with Gasteiger partial charge < -0.3 is 5.32 Å². The Balaban J connectivity index is 1.70. The van der Waals surface area contributed by atoms with Gasteiger partial charge in [-0.1, -0.05) is 32.0 Å². The molecule has 0 aliphatic carbocycles. The van der Waals surface area contributed by atoms with Gasteiger partial charge in [-0.15, -0.1) is 0 Å². The van der Waals surface area contributed by atoms with E-state index in [9.17, 15) is 9.59 Å². The molecule has 1 amide bonds. The number of carbonyl (C=O) groups is 1. The molecular formula is C19H23N5O2. The van der Waals surface area contributed by atoms with E-state index in [0.29, 0.717) is 17.0 Å². The minimum absolute atomic E-state index is 0.126. The Morgan fingerprint density at radius 2 is 2.08 bits per heavy atom. The average molecular weight is 353 g/mol. The van der Waals surface area contributed by atoms with E-state index in [-0.39, 0.29) is 24.4 Å². The average Bonchev–Trinajstić information content (AvgIpc) is 3.03. The van der Waals surface area contributed by atoms with Crippen LogP contribution < -0.4 is 10.9 Å². The third kappa shape index (κ3) is 3.51. The number of para-hydroxylation sites is 1. The summed E-state index contributed by atoms with van der Waals surface area (Å²) in [7, 11) is 1.74. The lowest BCUT2D eigenvalue weighted by Gasteiger charge is -2.15. The molecule has 0 saturated carbocycles. The maximum absolute atomic E-state index is 12.4. The fourth-order valence-electron chi connectivity index (χ4n) is 2.92. The Hall–Kier alpha value is -2.96. The molecule has 26 heavy (non-hydrogen) atoms. The fourth-order valence-corrected chi connectivity index (χ4v) is 2.92. The normalized spacial score (nSPS) is 12.3. The number of nitrogens with zero attached hydrogens (tertiary/aromatic N) is 4. The van der Waals surface area contributed by atoms with Crippen LogP contribution in [-0.4, -0.2) is 25.2 Å². The summed E-state index contributed by atoms with van der Waals surface area (Å²) in [5.41, 5.74) is 2.31. The summed E-state index contributed by atoms with van der Waals surface area (Å²) >= 11 is 0. The largest absolute Gasteiger partial charge is 0.326 e. The minimum Gasteiger partial charge on any atom is -0.326 e. The van der Waals surface area contributed by atoms with Crippen LogP contribution in [0.5, 0.6) is 0 Å². The standard InChI is InChI=1S/C19H23N5O2/c1-4-13(2)14-7-5-6-8-16(14)22-17(25)9-10-24-12-20-18-15(19(24)26)11-21-23(18)3/h5-8,11-13H,4,9-10H2,1-3H3,(H,22,25)/t13-/m0/s1. The second-order valence-corrected chi connectivity index (χ2v) is 6.44. The zero-order chi connectivity index (χ0) is 18.7. The number of nitrogens with one attached hydrogen (secondary N) is 1. The van der Waals surface area contributed by atoms with E-state index in [0.717, 1.165) is 17.7 Å². The molecule has 0 aliphatic rings. The number of anilines is 1. The predicted octanol–water partition coefficient (Wildman–Crippen LogP) is 2.67. The number of hydrogen-bond acceptors (Lipinski definition) is 4. The maximum Gasteiger partial charge on any atom is 0.264 e. The van der Waals surface area contributed by atoms with Gasteiger partial charge in [0, 0.05) is 25.7 Å². The van der Waals surface area contributed by atoms with E-state index >= 15 is 0 Å². The molecule has 0 spiro atoms. The molecule has 7 heteroatoms. The Kier molecular flexibility index (Phi) is 5.16. The second-order valence-electron chi connectivity index (χ2n) is 6.44. The number of hydrogen-bond donors (Lipinski definition) is 1. The van der Waals surface area contributed by atoms with Gasteiger partial charge in [0.2, 0.25) is 5.91 Å². The molecule has 0 saturated heterocycles. The summed E-state index contributed by atoms with van der Waals surface area (Å²) in [4.78, 5) is 29.0. The molecule has 0 unspecified atom stereocenters. The van der Waals surface area contributed by atoms with Crippen molar-refractivity contribution >= 4 is 22.6 Å². The summed E-state index contributed by atoms with van der Waals surface area (Å²) in [6.07, 6.45) is 4.16. The number of aryl methyl sites for hydroxylation is 2. The first-order valence-electron chi connectivity index (χ1n) is 8.77. The smallest absolute Gasteiger partial charge is 0.264 e. The van der Waals surface area contributed by atoms with E-state index in [4.69, 9.17) is 0 Å². The monoisotopic (exact) mass is 353 g/mol. The first-order chi connectivity index (χ1) is 12.5. The molecule has 0 aliphatic heterocycles. The quantitative estimate of drug-likeness (QED) is 0.739. The Labute approximate surface area is 151 Å². The van der Waals surface area contributed by atoms with Gasteiger partial charge >= 0.3 is 0 Å². The van der Waals surface area contributed by atoms with Gasteiger partial charge in [0.25, 0.3) is 5.56 Å². The molecule has 2 aromatic heterocycles. The van der Waals surface area contributed by atoms with E-state index in [1.807, 2.05) is 24.3 Å². The molecule has 0 radical (unpaired) electrons.